The molecule has 108 valence electrons. The molecule has 0 bridgehead atoms. The van der Waals surface area contributed by atoms with Gasteiger partial charge in [0.15, 0.2) is 0 Å². The van der Waals surface area contributed by atoms with Crippen LogP contribution in [0.25, 0.3) is 10.2 Å². The second-order valence-corrected chi connectivity index (χ2v) is 6.74. The van der Waals surface area contributed by atoms with Gasteiger partial charge in [0, 0.05) is 17.3 Å². The normalized spacial score (nSPS) is 16.1. The monoisotopic (exact) mass is 289 g/mol. The van der Waals surface area contributed by atoms with Gasteiger partial charge in [0.2, 0.25) is 0 Å². The van der Waals surface area contributed by atoms with Gasteiger partial charge in [0.25, 0.3) is 0 Å². The molecule has 0 radical (unpaired) electrons. The van der Waals surface area contributed by atoms with Crippen LogP contribution < -0.4 is 5.32 Å². The maximum Gasteiger partial charge on any atom is 0.138 e. The lowest BCUT2D eigenvalue weighted by atomic mass is 10.1. The molecule has 1 aliphatic rings. The Morgan fingerprint density at radius 2 is 2.05 bits per heavy atom. The fraction of sp³-hybridized carbons (Fsp3) is 0.625. The molecule has 1 fully saturated rings. The summed E-state index contributed by atoms with van der Waals surface area (Å²) in [6, 6.07) is 2.26. The molecular formula is C16H23N3S. The van der Waals surface area contributed by atoms with Crippen LogP contribution in [-0.2, 0) is 6.42 Å². The molecule has 20 heavy (non-hydrogen) atoms. The first-order valence-corrected chi connectivity index (χ1v) is 8.67. The SMILES string of the molecule is CCCNc1nc(C2CCCC2)nc2sc(CC)cc12. The molecule has 0 spiro atoms. The van der Waals surface area contributed by atoms with E-state index in [2.05, 4.69) is 25.2 Å². The summed E-state index contributed by atoms with van der Waals surface area (Å²) in [4.78, 5) is 12.3. The van der Waals surface area contributed by atoms with Gasteiger partial charge in [-0.2, -0.15) is 0 Å². The van der Waals surface area contributed by atoms with Crippen molar-refractivity contribution in [1.29, 1.82) is 0 Å². The van der Waals surface area contributed by atoms with Crippen molar-refractivity contribution in [3.63, 3.8) is 0 Å². The Bertz CT molecular complexity index is 585. The summed E-state index contributed by atoms with van der Waals surface area (Å²) in [6.45, 7) is 5.37. The fourth-order valence-corrected chi connectivity index (χ4v) is 3.88. The molecule has 0 amide bonds. The van der Waals surface area contributed by atoms with Gasteiger partial charge in [-0.05, 0) is 31.7 Å². The third kappa shape index (κ3) is 2.66. The van der Waals surface area contributed by atoms with Crippen LogP contribution in [0.3, 0.4) is 0 Å². The minimum atomic E-state index is 0.578. The first-order valence-electron chi connectivity index (χ1n) is 7.86. The Hall–Kier alpha value is -1.16. The molecule has 3 nitrogen and oxygen atoms in total. The molecule has 1 N–H and O–H groups in total. The highest BCUT2D eigenvalue weighted by Crippen LogP contribution is 2.36. The Balaban J connectivity index is 2.03. The van der Waals surface area contributed by atoms with E-state index in [0.717, 1.165) is 35.9 Å². The first kappa shape index (κ1) is 13.8. The highest BCUT2D eigenvalue weighted by atomic mass is 32.1. The number of aromatic nitrogens is 2. The van der Waals surface area contributed by atoms with Crippen molar-refractivity contribution in [3.05, 3.63) is 16.8 Å². The molecular weight excluding hydrogens is 266 g/mol. The van der Waals surface area contributed by atoms with E-state index in [0.29, 0.717) is 5.92 Å². The summed E-state index contributed by atoms with van der Waals surface area (Å²) in [5, 5.41) is 4.70. The van der Waals surface area contributed by atoms with Crippen molar-refractivity contribution >= 4 is 27.4 Å². The van der Waals surface area contributed by atoms with Gasteiger partial charge in [0.1, 0.15) is 16.5 Å². The number of rotatable bonds is 5. The van der Waals surface area contributed by atoms with E-state index >= 15 is 0 Å². The number of thiophene rings is 1. The lowest BCUT2D eigenvalue weighted by molar-refractivity contribution is 0.673. The maximum absolute atomic E-state index is 4.86. The number of nitrogens with one attached hydrogen (secondary N) is 1. The van der Waals surface area contributed by atoms with Gasteiger partial charge in [-0.3, -0.25) is 0 Å². The standard InChI is InChI=1S/C16H23N3S/c1-3-9-17-15-13-10-12(4-2)20-16(13)19-14(18-15)11-7-5-6-8-11/h10-11H,3-9H2,1-2H3,(H,17,18,19). The summed E-state index contributed by atoms with van der Waals surface area (Å²) in [7, 11) is 0. The zero-order chi connectivity index (χ0) is 13.9. The van der Waals surface area contributed by atoms with E-state index in [4.69, 9.17) is 9.97 Å². The van der Waals surface area contributed by atoms with Gasteiger partial charge >= 0.3 is 0 Å². The summed E-state index contributed by atoms with van der Waals surface area (Å²) in [5.74, 6) is 2.70. The molecule has 0 saturated heterocycles. The molecule has 0 unspecified atom stereocenters. The van der Waals surface area contributed by atoms with E-state index in [1.807, 2.05) is 11.3 Å². The third-order valence-corrected chi connectivity index (χ3v) is 5.25. The summed E-state index contributed by atoms with van der Waals surface area (Å²) < 4.78 is 0. The van der Waals surface area contributed by atoms with Crippen LogP contribution in [0.5, 0.6) is 0 Å². The molecule has 2 aromatic heterocycles. The van der Waals surface area contributed by atoms with Crippen molar-refractivity contribution in [1.82, 2.24) is 9.97 Å². The van der Waals surface area contributed by atoms with Crippen molar-refractivity contribution in [2.24, 2.45) is 0 Å². The average molecular weight is 289 g/mol. The second-order valence-electron chi connectivity index (χ2n) is 5.62. The molecule has 4 heteroatoms. The highest BCUT2D eigenvalue weighted by molar-refractivity contribution is 7.18. The Labute approximate surface area is 124 Å². The summed E-state index contributed by atoms with van der Waals surface area (Å²) in [6.07, 6.45) is 7.36. The lowest BCUT2D eigenvalue weighted by Crippen LogP contribution is -2.07. The van der Waals surface area contributed by atoms with Crippen molar-refractivity contribution in [3.8, 4) is 0 Å². The number of hydrogen-bond acceptors (Lipinski definition) is 4. The van der Waals surface area contributed by atoms with Crippen LogP contribution in [0.15, 0.2) is 6.07 Å². The quantitative estimate of drug-likeness (QED) is 0.864. The topological polar surface area (TPSA) is 37.8 Å². The number of aryl methyl sites for hydroxylation is 1. The van der Waals surface area contributed by atoms with Crippen LogP contribution >= 0.6 is 11.3 Å². The average Bonchev–Trinajstić information content (AvgIpc) is 3.12. The Morgan fingerprint density at radius 1 is 1.25 bits per heavy atom. The van der Waals surface area contributed by atoms with E-state index in [-0.39, 0.29) is 0 Å². The smallest absolute Gasteiger partial charge is 0.138 e. The van der Waals surface area contributed by atoms with Crippen molar-refractivity contribution in [2.75, 3.05) is 11.9 Å². The van der Waals surface area contributed by atoms with E-state index in [9.17, 15) is 0 Å². The first-order chi connectivity index (χ1) is 9.81. The zero-order valence-electron chi connectivity index (χ0n) is 12.4. The van der Waals surface area contributed by atoms with Crippen LogP contribution in [-0.4, -0.2) is 16.5 Å². The summed E-state index contributed by atoms with van der Waals surface area (Å²) in [5.41, 5.74) is 0. The van der Waals surface area contributed by atoms with Crippen LogP contribution in [0, 0.1) is 0 Å². The van der Waals surface area contributed by atoms with Gasteiger partial charge < -0.3 is 5.32 Å². The Kier molecular flexibility index (Phi) is 4.20. The van der Waals surface area contributed by atoms with Gasteiger partial charge in [-0.1, -0.05) is 26.7 Å². The molecule has 1 saturated carbocycles. The largest absolute Gasteiger partial charge is 0.369 e. The van der Waals surface area contributed by atoms with Crippen LogP contribution in [0.1, 0.15) is 62.6 Å². The van der Waals surface area contributed by atoms with Crippen LogP contribution in [0.2, 0.25) is 0 Å². The second kappa shape index (κ2) is 6.08. The Morgan fingerprint density at radius 3 is 2.75 bits per heavy atom. The molecule has 2 aromatic rings. The molecule has 0 aromatic carbocycles. The number of fused-ring (bicyclic) bond motifs is 1. The molecule has 3 rings (SSSR count). The minimum Gasteiger partial charge on any atom is -0.369 e. The summed E-state index contributed by atoms with van der Waals surface area (Å²) >= 11 is 1.83. The molecule has 0 aliphatic heterocycles. The molecule has 2 heterocycles. The fourth-order valence-electron chi connectivity index (χ4n) is 2.91. The van der Waals surface area contributed by atoms with Gasteiger partial charge in [-0.15, -0.1) is 11.3 Å². The van der Waals surface area contributed by atoms with Crippen LogP contribution in [0.4, 0.5) is 5.82 Å². The predicted molar refractivity (Wildman–Crippen MR) is 86.8 cm³/mol. The van der Waals surface area contributed by atoms with Gasteiger partial charge in [0.05, 0.1) is 5.39 Å². The number of nitrogens with zero attached hydrogens (tertiary/aromatic N) is 2. The van der Waals surface area contributed by atoms with E-state index in [1.54, 1.807) is 0 Å². The highest BCUT2D eigenvalue weighted by Gasteiger charge is 2.22. The van der Waals surface area contributed by atoms with Gasteiger partial charge in [-0.25, -0.2) is 9.97 Å². The third-order valence-electron chi connectivity index (χ3n) is 4.07. The lowest BCUT2D eigenvalue weighted by Gasteiger charge is -2.11. The predicted octanol–water partition coefficient (Wildman–Crippen LogP) is 4.73. The number of anilines is 1. The van der Waals surface area contributed by atoms with Crippen molar-refractivity contribution in [2.45, 2.75) is 58.3 Å². The van der Waals surface area contributed by atoms with E-state index < -0.39 is 0 Å². The minimum absolute atomic E-state index is 0.578. The molecule has 0 atom stereocenters. The zero-order valence-corrected chi connectivity index (χ0v) is 13.2. The number of hydrogen-bond donors (Lipinski definition) is 1. The molecule has 1 aliphatic carbocycles. The maximum atomic E-state index is 4.86. The van der Waals surface area contributed by atoms with E-state index in [1.165, 1.54) is 35.9 Å². The van der Waals surface area contributed by atoms with Crippen molar-refractivity contribution < 1.29 is 0 Å².